The molecular formula is C22H22N2O6. The number of hydrogen-bond donors (Lipinski definition) is 4. The molecule has 2 aliphatic rings. The van der Waals surface area contributed by atoms with Crippen molar-refractivity contribution in [2.45, 2.75) is 25.0 Å². The van der Waals surface area contributed by atoms with Gasteiger partial charge in [-0.25, -0.2) is 0 Å². The van der Waals surface area contributed by atoms with E-state index in [1.807, 2.05) is 12.1 Å². The van der Waals surface area contributed by atoms with Gasteiger partial charge in [-0.05, 0) is 44.0 Å². The molecule has 0 fully saturated rings. The SMILES string of the molecule is Cc1c2c(c(O)c3ccccc13)C(=O)C1(O)C(O)=C(C(N)=O)C(=O)C(N(C)C)C1C2. The normalized spacial score (nSPS) is 26.2. The molecule has 0 aromatic heterocycles. The van der Waals surface area contributed by atoms with Gasteiger partial charge >= 0.3 is 0 Å². The number of aliphatic hydroxyl groups is 2. The second kappa shape index (κ2) is 6.38. The first-order valence-electron chi connectivity index (χ1n) is 9.47. The molecule has 4 rings (SSSR count). The Morgan fingerprint density at radius 2 is 1.77 bits per heavy atom. The van der Waals surface area contributed by atoms with Crippen LogP contribution in [0.5, 0.6) is 5.75 Å². The van der Waals surface area contributed by atoms with Gasteiger partial charge in [-0.2, -0.15) is 0 Å². The summed E-state index contributed by atoms with van der Waals surface area (Å²) in [5, 5.41) is 34.2. The van der Waals surface area contributed by atoms with E-state index in [9.17, 15) is 29.7 Å². The van der Waals surface area contributed by atoms with E-state index in [-0.39, 0.29) is 17.7 Å². The molecule has 5 N–H and O–H groups in total. The summed E-state index contributed by atoms with van der Waals surface area (Å²) in [6, 6.07) is 5.91. The number of phenols is 1. The molecule has 2 aromatic carbocycles. The van der Waals surface area contributed by atoms with E-state index in [1.54, 1.807) is 33.2 Å². The highest BCUT2D eigenvalue weighted by molar-refractivity contribution is 6.25. The molecule has 2 aliphatic carbocycles. The van der Waals surface area contributed by atoms with E-state index in [2.05, 4.69) is 0 Å². The summed E-state index contributed by atoms with van der Waals surface area (Å²) < 4.78 is 0. The van der Waals surface area contributed by atoms with Crippen LogP contribution in [0.3, 0.4) is 0 Å². The van der Waals surface area contributed by atoms with E-state index in [0.29, 0.717) is 10.9 Å². The predicted octanol–water partition coefficient (Wildman–Crippen LogP) is 0.750. The second-order valence-electron chi connectivity index (χ2n) is 8.14. The molecule has 0 spiro atoms. The Labute approximate surface area is 172 Å². The highest BCUT2D eigenvalue weighted by Crippen LogP contribution is 2.49. The zero-order chi connectivity index (χ0) is 22.1. The summed E-state index contributed by atoms with van der Waals surface area (Å²) in [6.45, 7) is 1.80. The van der Waals surface area contributed by atoms with Crippen LogP contribution in [0.4, 0.5) is 0 Å². The van der Waals surface area contributed by atoms with Crippen molar-refractivity contribution in [3.05, 3.63) is 52.3 Å². The van der Waals surface area contributed by atoms with Crippen LogP contribution in [0.15, 0.2) is 35.6 Å². The van der Waals surface area contributed by atoms with Gasteiger partial charge in [-0.3, -0.25) is 19.3 Å². The molecule has 0 aliphatic heterocycles. The summed E-state index contributed by atoms with van der Waals surface area (Å²) in [5.74, 6) is -5.37. The third kappa shape index (κ3) is 2.31. The highest BCUT2D eigenvalue weighted by Gasteiger charge is 2.62. The van der Waals surface area contributed by atoms with Crippen LogP contribution in [0.1, 0.15) is 21.5 Å². The first-order valence-corrected chi connectivity index (χ1v) is 9.47. The Hall–Kier alpha value is -3.23. The zero-order valence-electron chi connectivity index (χ0n) is 16.8. The number of amides is 1. The zero-order valence-corrected chi connectivity index (χ0v) is 16.8. The van der Waals surface area contributed by atoms with Crippen LogP contribution in [0.2, 0.25) is 0 Å². The Balaban J connectivity index is 2.09. The number of aliphatic hydroxyl groups excluding tert-OH is 1. The fourth-order valence-electron chi connectivity index (χ4n) is 4.96. The minimum Gasteiger partial charge on any atom is -0.508 e. The minimum absolute atomic E-state index is 0.0342. The largest absolute Gasteiger partial charge is 0.508 e. The topological polar surface area (TPSA) is 141 Å². The average molecular weight is 410 g/mol. The fourth-order valence-corrected chi connectivity index (χ4v) is 4.96. The van der Waals surface area contributed by atoms with Crippen LogP contribution in [-0.4, -0.2) is 63.4 Å². The molecule has 3 unspecified atom stereocenters. The van der Waals surface area contributed by atoms with Gasteiger partial charge in [-0.15, -0.1) is 0 Å². The van der Waals surface area contributed by atoms with E-state index >= 15 is 0 Å². The number of fused-ring (bicyclic) bond motifs is 3. The molecule has 156 valence electrons. The van der Waals surface area contributed by atoms with Crippen LogP contribution < -0.4 is 5.73 Å². The molecule has 1 amide bonds. The maximum Gasteiger partial charge on any atom is 0.255 e. The number of rotatable bonds is 2. The van der Waals surface area contributed by atoms with Crippen molar-refractivity contribution in [3.63, 3.8) is 0 Å². The first kappa shape index (κ1) is 20.1. The van der Waals surface area contributed by atoms with E-state index in [1.165, 1.54) is 4.90 Å². The molecule has 0 saturated heterocycles. The summed E-state index contributed by atoms with van der Waals surface area (Å²) in [6.07, 6.45) is 0.0342. The molecule has 30 heavy (non-hydrogen) atoms. The summed E-state index contributed by atoms with van der Waals surface area (Å²) >= 11 is 0. The number of carbonyl (C=O) groups excluding carboxylic acids is 3. The lowest BCUT2D eigenvalue weighted by atomic mass is 9.61. The van der Waals surface area contributed by atoms with Crippen molar-refractivity contribution >= 4 is 28.2 Å². The Morgan fingerprint density at radius 3 is 2.33 bits per heavy atom. The van der Waals surface area contributed by atoms with Crippen LogP contribution in [-0.2, 0) is 16.0 Å². The second-order valence-corrected chi connectivity index (χ2v) is 8.14. The number of nitrogens with zero attached hydrogens (tertiary/aromatic N) is 1. The standard InChI is InChI=1S/C22H22N2O6/c1-9-10-6-4-5-7-11(10)17(25)14-12(9)8-13-16(24(2)3)18(26)15(21(23)29)20(28)22(13,30)19(14)27/h4-7,13,16,25,28,30H,8H2,1-3H3,(H2,23,29). The maximum atomic E-state index is 13.6. The highest BCUT2D eigenvalue weighted by atomic mass is 16.3. The number of aryl methyl sites for hydroxylation is 1. The van der Waals surface area contributed by atoms with E-state index < -0.39 is 46.4 Å². The van der Waals surface area contributed by atoms with Crippen molar-refractivity contribution in [1.82, 2.24) is 4.90 Å². The number of benzene rings is 2. The fraction of sp³-hybridized carbons (Fsp3) is 0.318. The Kier molecular flexibility index (Phi) is 4.27. The molecular weight excluding hydrogens is 388 g/mol. The number of hydrogen-bond acceptors (Lipinski definition) is 7. The molecule has 3 atom stereocenters. The number of Topliss-reactive ketones (excluding diaryl/α,β-unsaturated/α-hetero) is 2. The minimum atomic E-state index is -2.56. The van der Waals surface area contributed by atoms with Crippen molar-refractivity contribution < 1.29 is 29.7 Å². The Morgan fingerprint density at radius 1 is 1.17 bits per heavy atom. The molecule has 8 heteroatoms. The monoisotopic (exact) mass is 410 g/mol. The Bertz CT molecular complexity index is 1180. The predicted molar refractivity (Wildman–Crippen MR) is 108 cm³/mol. The van der Waals surface area contributed by atoms with Crippen LogP contribution in [0, 0.1) is 12.8 Å². The lowest BCUT2D eigenvalue weighted by molar-refractivity contribution is -0.132. The van der Waals surface area contributed by atoms with Gasteiger partial charge < -0.3 is 21.1 Å². The third-order valence-electron chi connectivity index (χ3n) is 6.41. The molecule has 0 radical (unpaired) electrons. The quantitative estimate of drug-likeness (QED) is 0.535. The summed E-state index contributed by atoms with van der Waals surface area (Å²) in [7, 11) is 3.16. The van der Waals surface area contributed by atoms with Gasteiger partial charge in [0.25, 0.3) is 5.91 Å². The number of primary amides is 1. The van der Waals surface area contributed by atoms with Crippen LogP contribution >= 0.6 is 0 Å². The number of carbonyl (C=O) groups is 3. The van der Waals surface area contributed by atoms with E-state index in [0.717, 1.165) is 10.9 Å². The molecule has 0 heterocycles. The molecule has 8 nitrogen and oxygen atoms in total. The van der Waals surface area contributed by atoms with Gasteiger partial charge in [-0.1, -0.05) is 24.3 Å². The van der Waals surface area contributed by atoms with E-state index in [4.69, 9.17) is 5.73 Å². The third-order valence-corrected chi connectivity index (χ3v) is 6.41. The van der Waals surface area contributed by atoms with Gasteiger partial charge in [0.1, 0.15) is 17.1 Å². The number of phenolic OH excluding ortho intramolecular Hbond substituents is 1. The maximum absolute atomic E-state index is 13.6. The lowest BCUT2D eigenvalue weighted by Gasteiger charge is -2.47. The summed E-state index contributed by atoms with van der Waals surface area (Å²) in [4.78, 5) is 39.9. The van der Waals surface area contributed by atoms with Gasteiger partial charge in [0.15, 0.2) is 11.4 Å². The van der Waals surface area contributed by atoms with Gasteiger partial charge in [0, 0.05) is 11.3 Å². The van der Waals surface area contributed by atoms with Gasteiger partial charge in [0.2, 0.25) is 5.78 Å². The number of likely N-dealkylation sites (N-methyl/N-ethyl adjacent to an activating group) is 1. The molecule has 0 bridgehead atoms. The lowest BCUT2D eigenvalue weighted by Crippen LogP contribution is -2.64. The van der Waals surface area contributed by atoms with Gasteiger partial charge in [0.05, 0.1) is 11.6 Å². The molecule has 2 aromatic rings. The average Bonchev–Trinajstić information content (AvgIpc) is 2.68. The number of nitrogens with two attached hydrogens (primary N) is 1. The number of ketones is 2. The molecule has 0 saturated carbocycles. The van der Waals surface area contributed by atoms with Crippen molar-refractivity contribution in [2.24, 2.45) is 11.7 Å². The summed E-state index contributed by atoms with van der Waals surface area (Å²) in [5.41, 5.74) is 3.06. The number of aromatic hydroxyl groups is 1. The smallest absolute Gasteiger partial charge is 0.255 e. The first-order chi connectivity index (χ1) is 14.0. The van der Waals surface area contributed by atoms with Crippen molar-refractivity contribution in [2.75, 3.05) is 14.1 Å². The van der Waals surface area contributed by atoms with Crippen molar-refractivity contribution in [1.29, 1.82) is 0 Å². The van der Waals surface area contributed by atoms with Crippen LogP contribution in [0.25, 0.3) is 10.8 Å². The van der Waals surface area contributed by atoms with Crippen molar-refractivity contribution in [3.8, 4) is 5.75 Å².